The first-order chi connectivity index (χ1) is 28.4. The lowest BCUT2D eigenvalue weighted by molar-refractivity contribution is -0.145. The van der Waals surface area contributed by atoms with E-state index >= 15 is 0 Å². The normalized spacial score (nSPS) is 19.7. The molecule has 1 saturated heterocycles. The SMILES string of the molecule is CNC(=O)/C=C/CC[C@H](NC(=O)c1cnccc1C(=O)O)C(=O)N[C@H](C(=O)N1CC(=O)C[C@H]1C(=O)N[C@H](C(=O)N[C@H](C(N)=O)C1CCCCC1)C1CCCCC1)C(C)(C)C. The Kier molecular flexibility index (Phi) is 16.9. The van der Waals surface area contributed by atoms with Crippen LogP contribution < -0.4 is 32.3 Å². The molecule has 2 aliphatic carbocycles. The van der Waals surface area contributed by atoms with Gasteiger partial charge in [0.15, 0.2) is 5.78 Å². The largest absolute Gasteiger partial charge is 0.478 e. The van der Waals surface area contributed by atoms with Crippen LogP contribution in [0.2, 0.25) is 0 Å². The van der Waals surface area contributed by atoms with Crippen LogP contribution in [-0.4, -0.2) is 112 Å². The highest BCUT2D eigenvalue weighted by Crippen LogP contribution is 2.30. The number of hydrogen-bond acceptors (Lipinski definition) is 10. The molecule has 2 heterocycles. The number of amides is 7. The number of nitrogens with two attached hydrogens (primary N) is 1. The van der Waals surface area contributed by atoms with E-state index in [0.717, 1.165) is 68.5 Å². The predicted octanol–water partition coefficient (Wildman–Crippen LogP) is 1.28. The van der Waals surface area contributed by atoms with Gasteiger partial charge in [-0.05, 0) is 67.9 Å². The average Bonchev–Trinajstić information content (AvgIpc) is 3.63. The number of carbonyl (C=O) groups excluding carboxylic acids is 8. The standard InChI is InChI=1S/C42H60N8O10/c1-42(2,3)34(49-37(55)29(17-11-12-18-31(52)44-4)46-36(54)28-22-45-20-19-27(28)41(59)60)40(58)50-23-26(51)21-30(50)38(56)48-33(25-15-9-6-10-16-25)39(57)47-32(35(43)53)24-13-7-5-8-14-24/h12,18-20,22,24-25,29-30,32-34H,5-11,13-17,21,23H2,1-4H3,(H2,43,53)(H,44,52)(H,46,54)(H,47,57)(H,48,56)(H,49,55)(H,59,60)/b18-12+/t29-,30-,32-,33-,34+/m0/s1. The minimum atomic E-state index is -1.39. The molecule has 8 N–H and O–H groups in total. The van der Waals surface area contributed by atoms with Crippen molar-refractivity contribution in [3.63, 3.8) is 0 Å². The van der Waals surface area contributed by atoms with Gasteiger partial charge in [0.25, 0.3) is 5.91 Å². The summed E-state index contributed by atoms with van der Waals surface area (Å²) in [5.74, 6) is -7.03. The molecule has 2 saturated carbocycles. The van der Waals surface area contributed by atoms with Crippen LogP contribution in [0, 0.1) is 17.3 Å². The number of primary amides is 1. The molecule has 1 aliphatic heterocycles. The Hall–Kier alpha value is -5.68. The van der Waals surface area contributed by atoms with E-state index in [1.165, 1.54) is 25.4 Å². The fourth-order valence-electron chi connectivity index (χ4n) is 8.26. The molecule has 0 radical (unpaired) electrons. The smallest absolute Gasteiger partial charge is 0.336 e. The molecule has 4 rings (SSSR count). The maximum absolute atomic E-state index is 14.5. The van der Waals surface area contributed by atoms with Gasteiger partial charge in [0.2, 0.25) is 35.4 Å². The summed E-state index contributed by atoms with van der Waals surface area (Å²) in [6, 6.07) is -4.84. The van der Waals surface area contributed by atoms with Crippen molar-refractivity contribution in [1.29, 1.82) is 0 Å². The van der Waals surface area contributed by atoms with E-state index in [2.05, 4.69) is 31.6 Å². The van der Waals surface area contributed by atoms with Crippen molar-refractivity contribution in [3.05, 3.63) is 41.7 Å². The third kappa shape index (κ3) is 12.7. The third-order valence-electron chi connectivity index (χ3n) is 11.6. The average molecular weight is 837 g/mol. The Morgan fingerprint density at radius 1 is 0.867 bits per heavy atom. The van der Waals surface area contributed by atoms with Gasteiger partial charge in [-0.3, -0.25) is 43.3 Å². The lowest BCUT2D eigenvalue weighted by Crippen LogP contribution is -2.62. The highest BCUT2D eigenvalue weighted by atomic mass is 16.4. The van der Waals surface area contributed by atoms with Crippen LogP contribution in [0.25, 0.3) is 0 Å². The van der Waals surface area contributed by atoms with Crippen molar-refractivity contribution in [2.45, 2.75) is 134 Å². The summed E-state index contributed by atoms with van der Waals surface area (Å²) in [6.45, 7) is 4.57. The van der Waals surface area contributed by atoms with Crippen molar-refractivity contribution < 1.29 is 48.3 Å². The second-order valence-corrected chi connectivity index (χ2v) is 17.0. The Labute approximate surface area is 350 Å². The predicted molar refractivity (Wildman–Crippen MR) is 218 cm³/mol. The number of likely N-dealkylation sites (N-methyl/N-ethyl adjacent to an activating group) is 1. The molecule has 3 aliphatic rings. The van der Waals surface area contributed by atoms with Gasteiger partial charge in [-0.1, -0.05) is 65.4 Å². The molecule has 0 spiro atoms. The maximum atomic E-state index is 14.5. The Morgan fingerprint density at radius 2 is 1.48 bits per heavy atom. The topological polar surface area (TPSA) is 276 Å². The summed E-state index contributed by atoms with van der Waals surface area (Å²) in [5, 5.41) is 23.0. The first-order valence-corrected chi connectivity index (χ1v) is 20.8. The van der Waals surface area contributed by atoms with Gasteiger partial charge < -0.3 is 42.3 Å². The van der Waals surface area contributed by atoms with Gasteiger partial charge in [-0.2, -0.15) is 0 Å². The summed E-state index contributed by atoms with van der Waals surface area (Å²) >= 11 is 0. The summed E-state index contributed by atoms with van der Waals surface area (Å²) in [4.78, 5) is 124. The zero-order valence-corrected chi connectivity index (χ0v) is 34.9. The van der Waals surface area contributed by atoms with Gasteiger partial charge in [0.05, 0.1) is 17.7 Å². The Bertz CT molecular complexity index is 1810. The van der Waals surface area contributed by atoms with Crippen LogP contribution in [0.15, 0.2) is 30.6 Å². The monoisotopic (exact) mass is 836 g/mol. The lowest BCUT2D eigenvalue weighted by atomic mass is 9.81. The van der Waals surface area contributed by atoms with Crippen molar-refractivity contribution in [1.82, 2.24) is 36.5 Å². The number of carboxylic acid groups (broad SMARTS) is 1. The summed E-state index contributed by atoms with van der Waals surface area (Å²) in [5.41, 5.74) is 4.10. The zero-order valence-electron chi connectivity index (χ0n) is 34.9. The van der Waals surface area contributed by atoms with Crippen LogP contribution in [-0.2, 0) is 33.6 Å². The molecule has 0 aromatic carbocycles. The van der Waals surface area contributed by atoms with Gasteiger partial charge in [0, 0.05) is 25.9 Å². The number of rotatable bonds is 17. The number of aromatic carboxylic acids is 1. The van der Waals surface area contributed by atoms with Gasteiger partial charge in [-0.25, -0.2) is 4.79 Å². The van der Waals surface area contributed by atoms with E-state index in [-0.39, 0.29) is 42.2 Å². The number of hydrogen-bond donors (Lipinski definition) is 7. The molecular formula is C42H60N8O10. The molecule has 5 atom stereocenters. The van der Waals surface area contributed by atoms with E-state index in [1.807, 2.05) is 0 Å². The fraction of sp³-hybridized carbons (Fsp3) is 0.619. The second-order valence-electron chi connectivity index (χ2n) is 17.0. The summed E-state index contributed by atoms with van der Waals surface area (Å²) < 4.78 is 0. The number of nitrogens with zero attached hydrogens (tertiary/aromatic N) is 2. The van der Waals surface area contributed by atoms with E-state index < -0.39 is 95.3 Å². The number of aromatic nitrogens is 1. The molecule has 1 aromatic rings. The number of carboxylic acids is 1. The highest BCUT2D eigenvalue weighted by molar-refractivity contribution is 6.06. The van der Waals surface area contributed by atoms with Crippen molar-refractivity contribution in [3.8, 4) is 0 Å². The van der Waals surface area contributed by atoms with Crippen LogP contribution in [0.5, 0.6) is 0 Å². The van der Waals surface area contributed by atoms with Crippen molar-refractivity contribution >= 4 is 53.1 Å². The number of pyridine rings is 1. The summed E-state index contributed by atoms with van der Waals surface area (Å²) in [7, 11) is 1.44. The van der Waals surface area contributed by atoms with Crippen molar-refractivity contribution in [2.24, 2.45) is 23.0 Å². The minimum Gasteiger partial charge on any atom is -0.478 e. The number of allylic oxidation sites excluding steroid dienone is 1. The molecular weight excluding hydrogens is 777 g/mol. The fourth-order valence-corrected chi connectivity index (χ4v) is 8.26. The summed E-state index contributed by atoms with van der Waals surface area (Å²) in [6.07, 6.45) is 12.9. The molecule has 18 heteroatoms. The van der Waals surface area contributed by atoms with Gasteiger partial charge in [0.1, 0.15) is 30.2 Å². The van der Waals surface area contributed by atoms with Crippen LogP contribution in [0.1, 0.15) is 125 Å². The molecule has 7 amide bonds. The van der Waals surface area contributed by atoms with Crippen molar-refractivity contribution in [2.75, 3.05) is 13.6 Å². The van der Waals surface area contributed by atoms with E-state index in [0.29, 0.717) is 12.8 Å². The number of nitrogens with one attached hydrogen (secondary N) is 5. The Morgan fingerprint density at radius 3 is 2.05 bits per heavy atom. The van der Waals surface area contributed by atoms with Crippen LogP contribution >= 0.6 is 0 Å². The highest BCUT2D eigenvalue weighted by Gasteiger charge is 2.46. The minimum absolute atomic E-state index is 0.0754. The number of carbonyl (C=O) groups is 9. The molecule has 18 nitrogen and oxygen atoms in total. The molecule has 0 bridgehead atoms. The molecule has 60 heavy (non-hydrogen) atoms. The zero-order chi connectivity index (χ0) is 44.1. The number of Topliss-reactive ketones (excluding diaryl/α,β-unsaturated/α-hetero) is 1. The molecule has 328 valence electrons. The second kappa shape index (κ2) is 21.5. The van der Waals surface area contributed by atoms with Gasteiger partial charge in [-0.15, -0.1) is 0 Å². The Balaban J connectivity index is 1.57. The third-order valence-corrected chi connectivity index (χ3v) is 11.6. The molecule has 1 aromatic heterocycles. The van der Waals surface area contributed by atoms with E-state index in [4.69, 9.17) is 5.73 Å². The van der Waals surface area contributed by atoms with E-state index in [1.54, 1.807) is 20.8 Å². The first kappa shape index (κ1) is 47.0. The lowest BCUT2D eigenvalue weighted by Gasteiger charge is -2.37. The van der Waals surface area contributed by atoms with Gasteiger partial charge >= 0.3 is 5.97 Å². The number of likely N-dealkylation sites (tertiary alicyclic amines) is 1. The van der Waals surface area contributed by atoms with E-state index in [9.17, 15) is 48.3 Å². The quantitative estimate of drug-likeness (QED) is 0.110. The molecule has 3 fully saturated rings. The molecule has 0 unspecified atom stereocenters. The van der Waals surface area contributed by atoms with Crippen LogP contribution in [0.4, 0.5) is 0 Å². The first-order valence-electron chi connectivity index (χ1n) is 20.8. The maximum Gasteiger partial charge on any atom is 0.336 e. The van der Waals surface area contributed by atoms with Crippen LogP contribution in [0.3, 0.4) is 0 Å². The number of ketones is 1.